The van der Waals surface area contributed by atoms with Crippen molar-refractivity contribution in [2.24, 2.45) is 0 Å². The Morgan fingerprint density at radius 1 is 0.394 bits per heavy atom. The van der Waals surface area contributed by atoms with Crippen molar-refractivity contribution >= 4 is 13.8 Å². The van der Waals surface area contributed by atoms with Crippen molar-refractivity contribution in [1.29, 1.82) is 0 Å². The number of hydrogen-bond donors (Lipinski definition) is 6. The summed E-state index contributed by atoms with van der Waals surface area (Å²) in [5.74, 6) is -0.467. The second kappa shape index (κ2) is 48.9. The van der Waals surface area contributed by atoms with E-state index in [1.165, 1.54) is 238 Å². The van der Waals surface area contributed by atoms with E-state index >= 15 is 0 Å². The summed E-state index contributed by atoms with van der Waals surface area (Å²) < 4.78 is 34.4. The molecule has 1 fully saturated rings. The summed E-state index contributed by atoms with van der Waals surface area (Å²) in [6, 6.07) is 0. The summed E-state index contributed by atoms with van der Waals surface area (Å²) in [6.07, 6.45) is 44.9. The van der Waals surface area contributed by atoms with Crippen LogP contribution in [0.15, 0.2) is 0 Å². The highest BCUT2D eigenvalue weighted by molar-refractivity contribution is 7.47. The maximum atomic E-state index is 12.9. The van der Waals surface area contributed by atoms with Crippen LogP contribution in [-0.2, 0) is 27.9 Å². The van der Waals surface area contributed by atoms with Crippen molar-refractivity contribution in [2.45, 2.75) is 346 Å². The van der Waals surface area contributed by atoms with Crippen LogP contribution in [0.4, 0.5) is 0 Å². The number of unbranched alkanes of at least 4 members (excludes halogenated alkanes) is 42. The number of esters is 1. The van der Waals surface area contributed by atoms with Crippen LogP contribution in [0, 0.1) is 0 Å². The van der Waals surface area contributed by atoms with Crippen LogP contribution < -0.4 is 0 Å². The third-order valence-electron chi connectivity index (χ3n) is 14.7. The second-order valence-electron chi connectivity index (χ2n) is 21.6. The molecule has 0 aromatic heterocycles. The molecule has 0 spiro atoms. The highest BCUT2D eigenvalue weighted by Gasteiger charge is 2.51. The smallest absolute Gasteiger partial charge is 0.457 e. The number of phosphoric ester groups is 1. The first-order chi connectivity index (χ1) is 34.5. The molecule has 0 radical (unpaired) electrons. The summed E-state index contributed by atoms with van der Waals surface area (Å²) in [5, 5.41) is 50.4. The van der Waals surface area contributed by atoms with Crippen LogP contribution in [-0.4, -0.2) is 98.9 Å². The molecular weight excluding hydrogens is 920 g/mol. The summed E-state index contributed by atoms with van der Waals surface area (Å²) >= 11 is 0. The summed E-state index contributed by atoms with van der Waals surface area (Å²) in [5.41, 5.74) is 0. The van der Waals surface area contributed by atoms with E-state index in [2.05, 4.69) is 13.8 Å². The van der Waals surface area contributed by atoms with Crippen molar-refractivity contribution in [3.8, 4) is 0 Å². The van der Waals surface area contributed by atoms with Gasteiger partial charge >= 0.3 is 13.8 Å². The first-order valence-corrected chi connectivity index (χ1v) is 31.9. The lowest BCUT2D eigenvalue weighted by molar-refractivity contribution is -0.220. The molecule has 71 heavy (non-hydrogen) atoms. The molecule has 0 heterocycles. The van der Waals surface area contributed by atoms with Gasteiger partial charge in [0.15, 0.2) is 0 Å². The van der Waals surface area contributed by atoms with Gasteiger partial charge in [-0.2, -0.15) is 0 Å². The number of aliphatic hydroxyl groups is 5. The van der Waals surface area contributed by atoms with Crippen molar-refractivity contribution in [3.63, 3.8) is 0 Å². The Hall–Kier alpha value is -0.660. The quantitative estimate of drug-likeness (QED) is 0.0192. The highest BCUT2D eigenvalue weighted by Crippen LogP contribution is 2.47. The minimum Gasteiger partial charge on any atom is -0.457 e. The van der Waals surface area contributed by atoms with Crippen molar-refractivity contribution in [1.82, 2.24) is 0 Å². The zero-order chi connectivity index (χ0) is 51.9. The van der Waals surface area contributed by atoms with Crippen molar-refractivity contribution in [3.05, 3.63) is 0 Å². The van der Waals surface area contributed by atoms with E-state index < -0.39 is 63.1 Å². The monoisotopic (exact) mass is 1030 g/mol. The number of phosphoric acid groups is 1. The Morgan fingerprint density at radius 2 is 0.662 bits per heavy atom. The summed E-state index contributed by atoms with van der Waals surface area (Å²) in [6.45, 7) is 4.34. The van der Waals surface area contributed by atoms with Crippen LogP contribution in [0.2, 0.25) is 0 Å². The van der Waals surface area contributed by atoms with Gasteiger partial charge in [-0.1, -0.05) is 284 Å². The van der Waals surface area contributed by atoms with E-state index in [1.807, 2.05) is 0 Å². The van der Waals surface area contributed by atoms with Crippen LogP contribution in [0.5, 0.6) is 0 Å². The molecular formula is C58H115O12P. The SMILES string of the molecule is CCCCCCCCCCCCCCCCCCCCCCCCCCCCCCCCC(=O)O[C@H](COCCCCCCCCCCCCCCCC)COP(=O)(O)OC1C(O)C(O)C(O)[C@@H](O)C1O. The van der Waals surface area contributed by atoms with Crippen molar-refractivity contribution in [2.75, 3.05) is 19.8 Å². The molecule has 1 aliphatic rings. The molecule has 1 saturated carbocycles. The number of ether oxygens (including phenoxy) is 2. The molecule has 12 nitrogen and oxygen atoms in total. The first-order valence-electron chi connectivity index (χ1n) is 30.4. The van der Waals surface area contributed by atoms with E-state index in [1.54, 1.807) is 0 Å². The Kier molecular flexibility index (Phi) is 47.1. The van der Waals surface area contributed by atoms with Gasteiger partial charge in [0.1, 0.15) is 42.7 Å². The van der Waals surface area contributed by atoms with E-state index in [0.29, 0.717) is 13.0 Å². The molecule has 6 unspecified atom stereocenters. The van der Waals surface area contributed by atoms with Gasteiger partial charge < -0.3 is 39.9 Å². The Morgan fingerprint density at radius 3 is 0.972 bits per heavy atom. The Labute approximate surface area is 435 Å². The fourth-order valence-corrected chi connectivity index (χ4v) is 10.9. The Balaban J connectivity index is 2.16. The largest absolute Gasteiger partial charge is 0.472 e. The molecule has 0 aliphatic heterocycles. The molecule has 424 valence electrons. The highest BCUT2D eigenvalue weighted by atomic mass is 31.2. The van der Waals surface area contributed by atoms with Crippen LogP contribution in [0.1, 0.15) is 303 Å². The molecule has 0 saturated heterocycles. The maximum Gasteiger partial charge on any atom is 0.472 e. The van der Waals surface area contributed by atoms with Crippen LogP contribution >= 0.6 is 7.82 Å². The van der Waals surface area contributed by atoms with Gasteiger partial charge in [0, 0.05) is 13.0 Å². The van der Waals surface area contributed by atoms with Crippen LogP contribution in [0.25, 0.3) is 0 Å². The number of rotatable bonds is 54. The van der Waals surface area contributed by atoms with Gasteiger partial charge in [-0.25, -0.2) is 4.57 Å². The minimum absolute atomic E-state index is 0.0674. The second-order valence-corrected chi connectivity index (χ2v) is 23.0. The molecule has 1 aliphatic carbocycles. The van der Waals surface area contributed by atoms with Gasteiger partial charge in [0.25, 0.3) is 0 Å². The maximum absolute atomic E-state index is 12.9. The topological polar surface area (TPSA) is 192 Å². The van der Waals surface area contributed by atoms with Gasteiger partial charge in [-0.15, -0.1) is 0 Å². The number of hydrogen-bond acceptors (Lipinski definition) is 11. The molecule has 0 aromatic carbocycles. The van der Waals surface area contributed by atoms with E-state index in [4.69, 9.17) is 18.5 Å². The lowest BCUT2D eigenvalue weighted by Gasteiger charge is -2.41. The number of carbonyl (C=O) groups is 1. The zero-order valence-corrected chi connectivity index (χ0v) is 47.0. The third-order valence-corrected chi connectivity index (χ3v) is 15.7. The summed E-state index contributed by atoms with van der Waals surface area (Å²) in [7, 11) is -5.02. The fraction of sp³-hybridized carbons (Fsp3) is 0.983. The number of aliphatic hydroxyl groups excluding tert-OH is 5. The molecule has 1 rings (SSSR count). The van der Waals surface area contributed by atoms with Crippen molar-refractivity contribution < 1.29 is 58.3 Å². The Bertz CT molecular complexity index is 1180. The predicted octanol–water partition coefficient (Wildman–Crippen LogP) is 14.8. The van der Waals surface area contributed by atoms with Gasteiger partial charge in [-0.3, -0.25) is 13.8 Å². The molecule has 6 N–H and O–H groups in total. The van der Waals surface area contributed by atoms with Crippen LogP contribution in [0.3, 0.4) is 0 Å². The fourth-order valence-electron chi connectivity index (χ4n) is 9.95. The average Bonchev–Trinajstić information content (AvgIpc) is 3.36. The predicted molar refractivity (Wildman–Crippen MR) is 290 cm³/mol. The molecule has 0 bridgehead atoms. The third kappa shape index (κ3) is 40.3. The van der Waals surface area contributed by atoms with Gasteiger partial charge in [0.05, 0.1) is 13.2 Å². The first kappa shape index (κ1) is 68.4. The van der Waals surface area contributed by atoms with E-state index in [-0.39, 0.29) is 13.0 Å². The lowest BCUT2D eigenvalue weighted by Crippen LogP contribution is -2.64. The van der Waals surface area contributed by atoms with E-state index in [0.717, 1.165) is 38.5 Å². The standard InChI is InChI=1S/C58H115O12P/c1-3-5-7-9-11-13-15-17-19-20-21-22-23-24-25-26-27-28-29-30-31-32-33-34-35-37-39-41-43-45-47-52(59)69-51(49-67-48-46-44-42-40-38-36-18-16-14-12-10-8-6-4-2)50-68-71(65,66)70-58-56(63)54(61)53(60)55(62)57(58)64/h51,53-58,60-64H,3-50H2,1-2H3,(H,65,66)/t51-,53?,54-,55?,56?,57?,58?/m1/s1. The van der Waals surface area contributed by atoms with Gasteiger partial charge in [0.2, 0.25) is 0 Å². The molecule has 8 atom stereocenters. The van der Waals surface area contributed by atoms with E-state index in [9.17, 15) is 39.8 Å². The average molecular weight is 1040 g/mol. The molecule has 13 heteroatoms. The summed E-state index contributed by atoms with van der Waals surface area (Å²) in [4.78, 5) is 23.3. The normalized spacial score (nSPS) is 20.6. The molecule has 0 amide bonds. The minimum atomic E-state index is -5.02. The zero-order valence-electron chi connectivity index (χ0n) is 46.1. The lowest BCUT2D eigenvalue weighted by atomic mass is 9.85. The van der Waals surface area contributed by atoms with Gasteiger partial charge in [-0.05, 0) is 12.8 Å². The molecule has 0 aromatic rings. The number of carbonyl (C=O) groups excluding carboxylic acids is 1.